The maximum atomic E-state index is 12.7. The summed E-state index contributed by atoms with van der Waals surface area (Å²) in [5.41, 5.74) is 3.16. The highest BCUT2D eigenvalue weighted by molar-refractivity contribution is 7.16. The van der Waals surface area contributed by atoms with Gasteiger partial charge >= 0.3 is 0 Å². The van der Waals surface area contributed by atoms with Crippen LogP contribution in [-0.4, -0.2) is 17.3 Å². The Balaban J connectivity index is 1.77. The van der Waals surface area contributed by atoms with Gasteiger partial charge in [-0.3, -0.25) is 9.89 Å². The first-order valence-corrected chi connectivity index (χ1v) is 8.35. The predicted octanol–water partition coefficient (Wildman–Crippen LogP) is 4.33. The van der Waals surface area contributed by atoms with Crippen molar-refractivity contribution in [3.8, 4) is 28.3 Å². The van der Waals surface area contributed by atoms with Gasteiger partial charge in [0.25, 0.3) is 0 Å². The Morgan fingerprint density at radius 2 is 1.88 bits per heavy atom. The molecular formula is C19H14N2O2S. The van der Waals surface area contributed by atoms with E-state index >= 15 is 0 Å². The molecule has 0 atom stereocenters. The Hall–Kier alpha value is -2.92. The molecule has 0 aliphatic heterocycles. The van der Waals surface area contributed by atoms with Crippen LogP contribution in [0.5, 0.6) is 5.75 Å². The summed E-state index contributed by atoms with van der Waals surface area (Å²) in [4.78, 5) is 12.7. The molecule has 118 valence electrons. The van der Waals surface area contributed by atoms with Crippen molar-refractivity contribution in [2.45, 2.75) is 0 Å². The standard InChI is InChI=1S/C19H14N2O2S/c1-23-13-8-6-12(7-9-13)16-10-17(21-20-16)15-11-24-18-5-3-2-4-14(18)19(15)22/h2-11H,1H3,(H,20,21). The molecule has 24 heavy (non-hydrogen) atoms. The summed E-state index contributed by atoms with van der Waals surface area (Å²) in [7, 11) is 1.64. The zero-order valence-corrected chi connectivity index (χ0v) is 13.8. The van der Waals surface area contributed by atoms with Crippen molar-refractivity contribution in [1.82, 2.24) is 10.2 Å². The molecule has 0 bridgehead atoms. The summed E-state index contributed by atoms with van der Waals surface area (Å²) in [6, 6.07) is 17.2. The molecule has 0 aliphatic rings. The van der Waals surface area contributed by atoms with Crippen LogP contribution >= 0.6 is 11.3 Å². The first-order chi connectivity index (χ1) is 11.8. The number of aromatic nitrogens is 2. The van der Waals surface area contributed by atoms with Crippen LogP contribution in [0.3, 0.4) is 0 Å². The molecule has 0 unspecified atom stereocenters. The van der Waals surface area contributed by atoms with E-state index < -0.39 is 0 Å². The maximum Gasteiger partial charge on any atom is 0.197 e. The summed E-state index contributed by atoms with van der Waals surface area (Å²) in [5, 5.41) is 9.94. The lowest BCUT2D eigenvalue weighted by Crippen LogP contribution is -2.03. The van der Waals surface area contributed by atoms with Gasteiger partial charge in [0.2, 0.25) is 0 Å². The van der Waals surface area contributed by atoms with Gasteiger partial charge in [-0.1, -0.05) is 12.1 Å². The number of ether oxygens (including phenoxy) is 1. The molecule has 2 heterocycles. The minimum absolute atomic E-state index is 0.0225. The fourth-order valence-corrected chi connectivity index (χ4v) is 3.56. The number of nitrogens with one attached hydrogen (secondary N) is 1. The fraction of sp³-hybridized carbons (Fsp3) is 0.0526. The molecule has 4 rings (SSSR count). The molecule has 4 aromatic rings. The summed E-state index contributed by atoms with van der Waals surface area (Å²) in [5.74, 6) is 0.799. The number of hydrogen-bond acceptors (Lipinski definition) is 4. The van der Waals surface area contributed by atoms with Gasteiger partial charge in [-0.25, -0.2) is 0 Å². The van der Waals surface area contributed by atoms with Gasteiger partial charge in [0.15, 0.2) is 5.43 Å². The van der Waals surface area contributed by atoms with Gasteiger partial charge in [-0.2, -0.15) is 5.10 Å². The second-order valence-corrected chi connectivity index (χ2v) is 6.28. The van der Waals surface area contributed by atoms with Gasteiger partial charge < -0.3 is 4.74 Å². The minimum atomic E-state index is 0.0225. The van der Waals surface area contributed by atoms with Crippen molar-refractivity contribution in [3.05, 3.63) is 70.2 Å². The molecule has 0 saturated carbocycles. The Bertz CT molecular complexity index is 1060. The van der Waals surface area contributed by atoms with E-state index in [0.717, 1.165) is 32.8 Å². The predicted molar refractivity (Wildman–Crippen MR) is 97.7 cm³/mol. The van der Waals surface area contributed by atoms with Crippen LogP contribution in [0, 0.1) is 0 Å². The van der Waals surface area contributed by atoms with Gasteiger partial charge in [0.05, 0.1) is 24.1 Å². The average Bonchev–Trinajstić information content (AvgIpc) is 3.12. The van der Waals surface area contributed by atoms with Crippen LogP contribution in [0.15, 0.2) is 64.8 Å². The van der Waals surface area contributed by atoms with Crippen molar-refractivity contribution >= 4 is 21.4 Å². The maximum absolute atomic E-state index is 12.7. The molecule has 0 amide bonds. The van der Waals surface area contributed by atoms with Crippen molar-refractivity contribution in [3.63, 3.8) is 0 Å². The highest BCUT2D eigenvalue weighted by atomic mass is 32.1. The smallest absolute Gasteiger partial charge is 0.197 e. The third kappa shape index (κ3) is 2.49. The number of fused-ring (bicyclic) bond motifs is 1. The Labute approximate surface area is 142 Å². The quantitative estimate of drug-likeness (QED) is 0.607. The van der Waals surface area contributed by atoms with E-state index in [1.807, 2.05) is 60.0 Å². The number of aromatic amines is 1. The lowest BCUT2D eigenvalue weighted by Gasteiger charge is -2.00. The lowest BCUT2D eigenvalue weighted by molar-refractivity contribution is 0.415. The second kappa shape index (κ2) is 5.94. The molecule has 1 N–H and O–H groups in total. The number of benzene rings is 2. The zero-order chi connectivity index (χ0) is 16.5. The van der Waals surface area contributed by atoms with Crippen molar-refractivity contribution in [2.24, 2.45) is 0 Å². The number of rotatable bonds is 3. The molecule has 0 fully saturated rings. The molecule has 0 spiro atoms. The zero-order valence-electron chi connectivity index (χ0n) is 12.9. The van der Waals surface area contributed by atoms with E-state index in [-0.39, 0.29) is 5.43 Å². The Morgan fingerprint density at radius 1 is 1.08 bits per heavy atom. The molecule has 0 radical (unpaired) electrons. The summed E-state index contributed by atoms with van der Waals surface area (Å²) in [6.07, 6.45) is 0. The number of hydrogen-bond donors (Lipinski definition) is 1. The van der Waals surface area contributed by atoms with Crippen LogP contribution in [0.2, 0.25) is 0 Å². The van der Waals surface area contributed by atoms with Crippen LogP contribution < -0.4 is 10.2 Å². The third-order valence-corrected chi connectivity index (χ3v) is 4.90. The first-order valence-electron chi connectivity index (χ1n) is 7.47. The van der Waals surface area contributed by atoms with Crippen molar-refractivity contribution in [1.29, 1.82) is 0 Å². The number of H-pyrrole nitrogens is 1. The van der Waals surface area contributed by atoms with Gasteiger partial charge in [0.1, 0.15) is 5.75 Å². The molecule has 5 heteroatoms. The highest BCUT2D eigenvalue weighted by Gasteiger charge is 2.11. The Morgan fingerprint density at radius 3 is 2.67 bits per heavy atom. The van der Waals surface area contributed by atoms with Gasteiger partial charge in [-0.15, -0.1) is 11.3 Å². The van der Waals surface area contributed by atoms with Crippen LogP contribution in [-0.2, 0) is 0 Å². The number of nitrogens with zero attached hydrogens (tertiary/aromatic N) is 1. The van der Waals surface area contributed by atoms with Crippen LogP contribution in [0.1, 0.15) is 0 Å². The average molecular weight is 334 g/mol. The van der Waals surface area contributed by atoms with Crippen LogP contribution in [0.25, 0.3) is 32.6 Å². The molecule has 0 saturated heterocycles. The molecular weight excluding hydrogens is 320 g/mol. The highest BCUT2D eigenvalue weighted by Crippen LogP contribution is 2.26. The minimum Gasteiger partial charge on any atom is -0.497 e. The van der Waals surface area contributed by atoms with E-state index in [9.17, 15) is 4.79 Å². The normalized spacial score (nSPS) is 10.9. The second-order valence-electron chi connectivity index (χ2n) is 5.37. The Kier molecular flexibility index (Phi) is 3.63. The van der Waals surface area contributed by atoms with E-state index in [0.29, 0.717) is 5.56 Å². The third-order valence-electron chi connectivity index (χ3n) is 3.93. The number of methoxy groups -OCH3 is 1. The first kappa shape index (κ1) is 14.7. The molecule has 0 aliphatic carbocycles. The lowest BCUT2D eigenvalue weighted by atomic mass is 10.1. The van der Waals surface area contributed by atoms with Crippen molar-refractivity contribution < 1.29 is 4.74 Å². The van der Waals surface area contributed by atoms with Gasteiger partial charge in [0, 0.05) is 21.0 Å². The van der Waals surface area contributed by atoms with E-state index in [2.05, 4.69) is 10.2 Å². The summed E-state index contributed by atoms with van der Waals surface area (Å²) in [6.45, 7) is 0. The topological polar surface area (TPSA) is 55.0 Å². The van der Waals surface area contributed by atoms with Crippen LogP contribution in [0.4, 0.5) is 0 Å². The van der Waals surface area contributed by atoms with Gasteiger partial charge in [-0.05, 0) is 42.5 Å². The van der Waals surface area contributed by atoms with E-state index in [1.54, 1.807) is 18.4 Å². The monoisotopic (exact) mass is 334 g/mol. The SMILES string of the molecule is COc1ccc(-c2cc(-c3csc4ccccc4c3=O)[nH]n2)cc1. The largest absolute Gasteiger partial charge is 0.497 e. The molecule has 2 aromatic carbocycles. The summed E-state index contributed by atoms with van der Waals surface area (Å²) < 4.78 is 6.16. The summed E-state index contributed by atoms with van der Waals surface area (Å²) >= 11 is 1.56. The van der Waals surface area contributed by atoms with E-state index in [4.69, 9.17) is 4.74 Å². The molecule has 4 nitrogen and oxygen atoms in total. The molecule has 2 aromatic heterocycles. The van der Waals surface area contributed by atoms with E-state index in [1.165, 1.54) is 0 Å². The fourth-order valence-electron chi connectivity index (χ4n) is 2.63. The van der Waals surface area contributed by atoms with Crippen molar-refractivity contribution in [2.75, 3.05) is 7.11 Å².